The molecule has 0 radical (unpaired) electrons. The highest BCUT2D eigenvalue weighted by Gasteiger charge is 2.18. The lowest BCUT2D eigenvalue weighted by Crippen LogP contribution is -2.38. The van der Waals surface area contributed by atoms with Crippen molar-refractivity contribution in [2.24, 2.45) is 0 Å². The summed E-state index contributed by atoms with van der Waals surface area (Å²) in [6.07, 6.45) is 1.15. The van der Waals surface area contributed by atoms with E-state index in [9.17, 15) is 0 Å². The van der Waals surface area contributed by atoms with Crippen LogP contribution in [0.4, 0.5) is 0 Å². The van der Waals surface area contributed by atoms with Crippen molar-refractivity contribution in [3.63, 3.8) is 0 Å². The van der Waals surface area contributed by atoms with E-state index in [-0.39, 0.29) is 6.10 Å². The van der Waals surface area contributed by atoms with Gasteiger partial charge in [-0.25, -0.2) is 0 Å². The van der Waals surface area contributed by atoms with Crippen LogP contribution in [0.1, 0.15) is 20.3 Å². The van der Waals surface area contributed by atoms with E-state index in [1.807, 2.05) is 25.2 Å². The predicted octanol–water partition coefficient (Wildman–Crippen LogP) is 2.18. The number of ether oxygens (including phenoxy) is 3. The first-order valence-corrected chi connectivity index (χ1v) is 5.98. The van der Waals surface area contributed by atoms with Crippen LogP contribution in [0.3, 0.4) is 0 Å². The number of rotatable bonds is 5. The molecule has 0 saturated heterocycles. The van der Waals surface area contributed by atoms with Gasteiger partial charge in [0.1, 0.15) is 11.9 Å². The van der Waals surface area contributed by atoms with Gasteiger partial charge in [-0.2, -0.15) is 0 Å². The first-order chi connectivity index (χ1) is 8.24. The summed E-state index contributed by atoms with van der Waals surface area (Å²) < 4.78 is 16.5. The van der Waals surface area contributed by atoms with E-state index in [0.717, 1.165) is 23.7 Å². The molecule has 1 aliphatic rings. The van der Waals surface area contributed by atoms with Crippen LogP contribution in [0.25, 0.3) is 0 Å². The number of benzene rings is 1. The van der Waals surface area contributed by atoms with Crippen molar-refractivity contribution >= 4 is 0 Å². The van der Waals surface area contributed by atoms with Gasteiger partial charge >= 0.3 is 0 Å². The van der Waals surface area contributed by atoms with Crippen LogP contribution in [0.5, 0.6) is 17.2 Å². The molecule has 2 unspecified atom stereocenters. The lowest BCUT2D eigenvalue weighted by molar-refractivity contribution is 0.168. The zero-order chi connectivity index (χ0) is 12.3. The second kappa shape index (κ2) is 5.27. The number of nitrogens with one attached hydrogen (secondary N) is 1. The third kappa shape index (κ3) is 2.64. The van der Waals surface area contributed by atoms with Crippen LogP contribution in [-0.4, -0.2) is 26.0 Å². The summed E-state index contributed by atoms with van der Waals surface area (Å²) >= 11 is 0. The molecule has 0 bridgehead atoms. The Morgan fingerprint density at radius 1 is 1.35 bits per heavy atom. The minimum absolute atomic E-state index is 0.116. The average Bonchev–Trinajstić information content (AvgIpc) is 2.77. The number of hydrogen-bond donors (Lipinski definition) is 1. The van der Waals surface area contributed by atoms with Crippen LogP contribution < -0.4 is 19.5 Å². The molecule has 0 aromatic heterocycles. The fourth-order valence-corrected chi connectivity index (χ4v) is 2.02. The quantitative estimate of drug-likeness (QED) is 0.852. The third-order valence-electron chi connectivity index (χ3n) is 3.04. The van der Waals surface area contributed by atoms with E-state index in [0.29, 0.717) is 12.8 Å². The van der Waals surface area contributed by atoms with Crippen molar-refractivity contribution in [2.45, 2.75) is 32.4 Å². The largest absolute Gasteiger partial charge is 0.489 e. The van der Waals surface area contributed by atoms with Gasteiger partial charge in [0.05, 0.1) is 0 Å². The lowest BCUT2D eigenvalue weighted by atomic mass is 10.1. The second-order valence-electron chi connectivity index (χ2n) is 4.14. The smallest absolute Gasteiger partial charge is 0.231 e. The van der Waals surface area contributed by atoms with Gasteiger partial charge in [-0.15, -0.1) is 0 Å². The van der Waals surface area contributed by atoms with E-state index >= 15 is 0 Å². The van der Waals surface area contributed by atoms with Crippen molar-refractivity contribution in [1.82, 2.24) is 5.32 Å². The SMILES string of the molecule is CCC(NC)C(C)Oc1ccc2c(c1)OCO2. The standard InChI is InChI=1S/C13H19NO3/c1-4-11(14-3)9(2)17-10-5-6-12-13(7-10)16-8-15-12/h5-7,9,11,14H,4,8H2,1-3H3. The third-order valence-corrected chi connectivity index (χ3v) is 3.04. The van der Waals surface area contributed by atoms with E-state index < -0.39 is 0 Å². The van der Waals surface area contributed by atoms with Gasteiger partial charge in [0.15, 0.2) is 11.5 Å². The lowest BCUT2D eigenvalue weighted by Gasteiger charge is -2.23. The first-order valence-electron chi connectivity index (χ1n) is 5.98. The van der Waals surface area contributed by atoms with E-state index in [2.05, 4.69) is 19.2 Å². The Morgan fingerprint density at radius 2 is 2.12 bits per heavy atom. The highest BCUT2D eigenvalue weighted by Crippen LogP contribution is 2.35. The van der Waals surface area contributed by atoms with Crippen LogP contribution in [0.2, 0.25) is 0 Å². The summed E-state index contributed by atoms with van der Waals surface area (Å²) in [6, 6.07) is 6.01. The van der Waals surface area contributed by atoms with Crippen molar-refractivity contribution < 1.29 is 14.2 Å². The van der Waals surface area contributed by atoms with Crippen LogP contribution >= 0.6 is 0 Å². The van der Waals surface area contributed by atoms with E-state index in [1.165, 1.54) is 0 Å². The van der Waals surface area contributed by atoms with Gasteiger partial charge in [0.2, 0.25) is 6.79 Å². The average molecular weight is 237 g/mol. The fourth-order valence-electron chi connectivity index (χ4n) is 2.02. The molecular formula is C13H19NO3. The molecule has 4 heteroatoms. The highest BCUT2D eigenvalue weighted by molar-refractivity contribution is 5.46. The predicted molar refractivity (Wildman–Crippen MR) is 65.8 cm³/mol. The number of hydrogen-bond acceptors (Lipinski definition) is 4. The van der Waals surface area contributed by atoms with Crippen LogP contribution in [-0.2, 0) is 0 Å². The van der Waals surface area contributed by atoms with Crippen molar-refractivity contribution in [2.75, 3.05) is 13.8 Å². The molecule has 0 saturated carbocycles. The molecular weight excluding hydrogens is 218 g/mol. The Hall–Kier alpha value is -1.42. The fraction of sp³-hybridized carbons (Fsp3) is 0.538. The summed E-state index contributed by atoms with van der Waals surface area (Å²) in [4.78, 5) is 0. The summed E-state index contributed by atoms with van der Waals surface area (Å²) in [7, 11) is 1.95. The van der Waals surface area contributed by atoms with Crippen molar-refractivity contribution in [3.8, 4) is 17.2 Å². The Morgan fingerprint density at radius 3 is 2.82 bits per heavy atom. The Bertz CT molecular complexity index is 377. The van der Waals surface area contributed by atoms with Gasteiger partial charge in [-0.1, -0.05) is 6.92 Å². The highest BCUT2D eigenvalue weighted by atomic mass is 16.7. The molecule has 0 spiro atoms. The van der Waals surface area contributed by atoms with Gasteiger partial charge in [0.25, 0.3) is 0 Å². The zero-order valence-electron chi connectivity index (χ0n) is 10.5. The number of likely N-dealkylation sites (N-methyl/N-ethyl adjacent to an activating group) is 1. The molecule has 94 valence electrons. The monoisotopic (exact) mass is 237 g/mol. The molecule has 2 rings (SSSR count). The summed E-state index contributed by atoms with van der Waals surface area (Å²) in [6.45, 7) is 4.50. The van der Waals surface area contributed by atoms with Gasteiger partial charge in [-0.3, -0.25) is 0 Å². The molecule has 17 heavy (non-hydrogen) atoms. The molecule has 0 amide bonds. The molecule has 2 atom stereocenters. The Kier molecular flexibility index (Phi) is 3.74. The summed E-state index contributed by atoms with van der Waals surface area (Å²) in [5.41, 5.74) is 0. The molecule has 0 fully saturated rings. The zero-order valence-corrected chi connectivity index (χ0v) is 10.5. The molecule has 1 aromatic rings. The Labute approximate surface area is 102 Å². The van der Waals surface area contributed by atoms with Gasteiger partial charge in [0, 0.05) is 12.1 Å². The topological polar surface area (TPSA) is 39.7 Å². The van der Waals surface area contributed by atoms with Crippen molar-refractivity contribution in [3.05, 3.63) is 18.2 Å². The van der Waals surface area contributed by atoms with Gasteiger partial charge < -0.3 is 19.5 Å². The summed E-state index contributed by atoms with van der Waals surface area (Å²) in [5, 5.41) is 3.24. The molecule has 4 nitrogen and oxygen atoms in total. The van der Waals surface area contributed by atoms with Gasteiger partial charge in [-0.05, 0) is 32.5 Å². The molecule has 1 heterocycles. The van der Waals surface area contributed by atoms with E-state index in [4.69, 9.17) is 14.2 Å². The van der Waals surface area contributed by atoms with Crippen LogP contribution in [0.15, 0.2) is 18.2 Å². The first kappa shape index (κ1) is 12.0. The maximum Gasteiger partial charge on any atom is 0.231 e. The van der Waals surface area contributed by atoms with E-state index in [1.54, 1.807) is 0 Å². The maximum absolute atomic E-state index is 5.89. The molecule has 0 aliphatic carbocycles. The number of fused-ring (bicyclic) bond motifs is 1. The summed E-state index contributed by atoms with van der Waals surface area (Å²) in [5.74, 6) is 2.35. The Balaban J connectivity index is 2.03. The van der Waals surface area contributed by atoms with Crippen LogP contribution in [0, 0.1) is 0 Å². The maximum atomic E-state index is 5.89. The minimum atomic E-state index is 0.116. The molecule has 1 N–H and O–H groups in total. The second-order valence-corrected chi connectivity index (χ2v) is 4.14. The van der Waals surface area contributed by atoms with Crippen molar-refractivity contribution in [1.29, 1.82) is 0 Å². The minimum Gasteiger partial charge on any atom is -0.489 e. The molecule has 1 aromatic carbocycles. The molecule has 1 aliphatic heterocycles. The normalized spacial score (nSPS) is 16.6.